The predicted octanol–water partition coefficient (Wildman–Crippen LogP) is 3.89. The highest BCUT2D eigenvalue weighted by Crippen LogP contribution is 2.24. The number of hydrogen-bond acceptors (Lipinski definition) is 3. The van der Waals surface area contributed by atoms with Gasteiger partial charge in [-0.1, -0.05) is 63.2 Å². The molecule has 1 N–H and O–H groups in total. The predicted molar refractivity (Wildman–Crippen MR) is 120 cm³/mol. The van der Waals surface area contributed by atoms with E-state index in [1.807, 2.05) is 47.4 Å². The van der Waals surface area contributed by atoms with Gasteiger partial charge < -0.3 is 4.90 Å². The fraction of sp³-hybridized carbons (Fsp3) is 0.458. The Hall–Kier alpha value is -2.18. The van der Waals surface area contributed by atoms with Crippen LogP contribution in [0.1, 0.15) is 51.2 Å². The van der Waals surface area contributed by atoms with Crippen LogP contribution in [0.15, 0.2) is 59.5 Å². The van der Waals surface area contributed by atoms with Crippen LogP contribution in [0, 0.1) is 0 Å². The lowest BCUT2D eigenvalue weighted by Gasteiger charge is -2.32. The van der Waals surface area contributed by atoms with Gasteiger partial charge in [-0.15, -0.1) is 0 Å². The van der Waals surface area contributed by atoms with Crippen molar-refractivity contribution >= 4 is 15.9 Å². The maximum Gasteiger partial charge on any atom is 0.240 e. The van der Waals surface area contributed by atoms with Gasteiger partial charge in [-0.2, -0.15) is 0 Å². The van der Waals surface area contributed by atoms with Gasteiger partial charge >= 0.3 is 0 Å². The van der Waals surface area contributed by atoms with E-state index in [1.165, 1.54) is 0 Å². The fourth-order valence-electron chi connectivity index (χ4n) is 3.72. The van der Waals surface area contributed by atoms with Crippen LogP contribution in [-0.4, -0.2) is 38.4 Å². The van der Waals surface area contributed by atoms with Gasteiger partial charge in [-0.3, -0.25) is 4.79 Å². The number of hydrogen-bond donors (Lipinski definition) is 1. The number of benzene rings is 2. The summed E-state index contributed by atoms with van der Waals surface area (Å²) in [7, 11) is -3.56. The minimum Gasteiger partial charge on any atom is -0.343 e. The number of rotatable bonds is 6. The molecule has 0 aromatic heterocycles. The molecule has 1 saturated heterocycles. The summed E-state index contributed by atoms with van der Waals surface area (Å²) in [6, 6.07) is 16.9. The molecular formula is C24H32N2O3S. The molecule has 0 aliphatic carbocycles. The second kappa shape index (κ2) is 9.31. The van der Waals surface area contributed by atoms with Gasteiger partial charge in [-0.05, 0) is 47.9 Å². The van der Waals surface area contributed by atoms with E-state index in [0.717, 1.165) is 17.5 Å². The van der Waals surface area contributed by atoms with Gasteiger partial charge in [0.1, 0.15) is 0 Å². The molecule has 0 unspecified atom stereocenters. The van der Waals surface area contributed by atoms with Crippen molar-refractivity contribution in [3.63, 3.8) is 0 Å². The van der Waals surface area contributed by atoms with E-state index >= 15 is 0 Å². The van der Waals surface area contributed by atoms with Crippen LogP contribution < -0.4 is 4.72 Å². The van der Waals surface area contributed by atoms with Crippen LogP contribution in [-0.2, 0) is 26.7 Å². The Bertz CT molecular complexity index is 940. The molecule has 0 radical (unpaired) electrons. The zero-order chi connectivity index (χ0) is 21.8. The van der Waals surface area contributed by atoms with Crippen molar-refractivity contribution in [1.82, 2.24) is 9.62 Å². The Morgan fingerprint density at radius 2 is 1.60 bits per heavy atom. The first-order valence-corrected chi connectivity index (χ1v) is 12.1. The average molecular weight is 429 g/mol. The van der Waals surface area contributed by atoms with Crippen LogP contribution in [0.2, 0.25) is 0 Å². The standard InChI is InChI=1S/C24H32N2O3S/c1-24(2,3)20-10-12-22(13-11-20)30(28,29)25-21-15-17-26(18-16-21)23(27)14-9-19-7-5-4-6-8-19/h4-8,10-13,21,25H,9,14-18H2,1-3H3. The van der Waals surface area contributed by atoms with E-state index in [0.29, 0.717) is 32.4 Å². The summed E-state index contributed by atoms with van der Waals surface area (Å²) in [5.74, 6) is 0.137. The van der Waals surface area contributed by atoms with E-state index in [2.05, 4.69) is 25.5 Å². The topological polar surface area (TPSA) is 66.5 Å². The lowest BCUT2D eigenvalue weighted by atomic mass is 9.87. The van der Waals surface area contributed by atoms with Crippen molar-refractivity contribution in [2.75, 3.05) is 13.1 Å². The second-order valence-corrected chi connectivity index (χ2v) is 10.8. The highest BCUT2D eigenvalue weighted by Gasteiger charge is 2.27. The van der Waals surface area contributed by atoms with E-state index in [1.54, 1.807) is 12.1 Å². The maximum atomic E-state index is 12.7. The number of nitrogens with one attached hydrogen (secondary N) is 1. The molecule has 0 atom stereocenters. The Balaban J connectivity index is 1.50. The molecule has 1 aliphatic heterocycles. The Morgan fingerprint density at radius 3 is 2.17 bits per heavy atom. The van der Waals surface area contributed by atoms with Crippen LogP contribution >= 0.6 is 0 Å². The van der Waals surface area contributed by atoms with Crippen molar-refractivity contribution in [2.24, 2.45) is 0 Å². The van der Waals surface area contributed by atoms with E-state index in [-0.39, 0.29) is 22.3 Å². The number of carbonyl (C=O) groups is 1. The first-order chi connectivity index (χ1) is 14.1. The lowest BCUT2D eigenvalue weighted by molar-refractivity contribution is -0.132. The quantitative estimate of drug-likeness (QED) is 0.759. The summed E-state index contributed by atoms with van der Waals surface area (Å²) in [4.78, 5) is 14.6. The molecule has 1 fully saturated rings. The smallest absolute Gasteiger partial charge is 0.240 e. The van der Waals surface area contributed by atoms with Gasteiger partial charge in [0.05, 0.1) is 4.90 Å². The van der Waals surface area contributed by atoms with Gasteiger partial charge in [0.25, 0.3) is 0 Å². The van der Waals surface area contributed by atoms with Crippen molar-refractivity contribution in [3.05, 3.63) is 65.7 Å². The third kappa shape index (κ3) is 5.92. The molecule has 1 heterocycles. The van der Waals surface area contributed by atoms with Crippen molar-refractivity contribution < 1.29 is 13.2 Å². The highest BCUT2D eigenvalue weighted by atomic mass is 32.2. The summed E-state index contributed by atoms with van der Waals surface area (Å²) < 4.78 is 28.3. The van der Waals surface area contributed by atoms with Gasteiger partial charge in [-0.25, -0.2) is 13.1 Å². The van der Waals surface area contributed by atoms with Crippen LogP contribution in [0.3, 0.4) is 0 Å². The summed E-state index contributed by atoms with van der Waals surface area (Å²) in [5, 5.41) is 0. The molecular weight excluding hydrogens is 396 g/mol. The van der Waals surface area contributed by atoms with E-state index in [4.69, 9.17) is 0 Å². The van der Waals surface area contributed by atoms with Gasteiger partial charge in [0.15, 0.2) is 0 Å². The van der Waals surface area contributed by atoms with Crippen molar-refractivity contribution in [2.45, 2.75) is 62.8 Å². The fourth-order valence-corrected chi connectivity index (χ4v) is 5.03. The summed E-state index contributed by atoms with van der Waals surface area (Å²) in [5.41, 5.74) is 2.24. The number of nitrogens with zero attached hydrogens (tertiary/aromatic N) is 1. The normalized spacial score (nSPS) is 15.9. The minimum absolute atomic E-state index is 0.0183. The molecule has 2 aromatic rings. The SMILES string of the molecule is CC(C)(C)c1ccc(S(=O)(=O)NC2CCN(C(=O)CCc3ccccc3)CC2)cc1. The van der Waals surface area contributed by atoms with Crippen LogP contribution in [0.5, 0.6) is 0 Å². The molecule has 1 aliphatic rings. The summed E-state index contributed by atoms with van der Waals surface area (Å²) in [6.07, 6.45) is 2.49. The first kappa shape index (κ1) is 22.5. The third-order valence-electron chi connectivity index (χ3n) is 5.67. The molecule has 30 heavy (non-hydrogen) atoms. The molecule has 162 valence electrons. The van der Waals surface area contributed by atoms with E-state index < -0.39 is 10.0 Å². The molecule has 0 saturated carbocycles. The zero-order valence-corrected chi connectivity index (χ0v) is 18.9. The van der Waals surface area contributed by atoms with Crippen molar-refractivity contribution in [3.8, 4) is 0 Å². The average Bonchev–Trinajstić information content (AvgIpc) is 2.72. The zero-order valence-electron chi connectivity index (χ0n) is 18.1. The Kier molecular flexibility index (Phi) is 6.98. The molecule has 3 rings (SSSR count). The highest BCUT2D eigenvalue weighted by molar-refractivity contribution is 7.89. The molecule has 2 aromatic carbocycles. The number of sulfonamides is 1. The number of likely N-dealkylation sites (tertiary alicyclic amines) is 1. The number of amides is 1. The van der Waals surface area contributed by atoms with Gasteiger partial charge in [0.2, 0.25) is 15.9 Å². The minimum atomic E-state index is -3.56. The van der Waals surface area contributed by atoms with Gasteiger partial charge in [0, 0.05) is 25.6 Å². The molecule has 1 amide bonds. The number of carbonyl (C=O) groups excluding carboxylic acids is 1. The Labute approximate surface area is 180 Å². The van der Waals surface area contributed by atoms with E-state index in [9.17, 15) is 13.2 Å². The molecule has 0 spiro atoms. The van der Waals surface area contributed by atoms with Crippen LogP contribution in [0.4, 0.5) is 0 Å². The lowest BCUT2D eigenvalue weighted by Crippen LogP contribution is -2.46. The second-order valence-electron chi connectivity index (χ2n) is 9.04. The summed E-state index contributed by atoms with van der Waals surface area (Å²) >= 11 is 0. The third-order valence-corrected chi connectivity index (χ3v) is 7.21. The monoisotopic (exact) mass is 428 g/mol. The maximum absolute atomic E-state index is 12.7. The van der Waals surface area contributed by atoms with Crippen molar-refractivity contribution in [1.29, 1.82) is 0 Å². The molecule has 0 bridgehead atoms. The number of aryl methyl sites for hydroxylation is 1. The summed E-state index contributed by atoms with van der Waals surface area (Å²) in [6.45, 7) is 7.48. The largest absolute Gasteiger partial charge is 0.343 e. The first-order valence-electron chi connectivity index (χ1n) is 10.6. The van der Waals surface area contributed by atoms with Crippen LogP contribution in [0.25, 0.3) is 0 Å². The molecule has 6 heteroatoms. The Morgan fingerprint density at radius 1 is 1.00 bits per heavy atom. The number of piperidine rings is 1. The molecule has 5 nitrogen and oxygen atoms in total.